The maximum atomic E-state index is 12.6. The predicted octanol–water partition coefficient (Wildman–Crippen LogP) is 3.71. The number of halogens is 2. The molecule has 0 aliphatic rings. The second kappa shape index (κ2) is 30.3. The zero-order valence-electron chi connectivity index (χ0n) is 30.0. The minimum atomic E-state index is -3.96. The van der Waals surface area contributed by atoms with E-state index in [9.17, 15) is 42.9 Å². The number of carbonyl (C=O) groups excluding carboxylic acids is 7. The number of hydrogen-bond acceptors (Lipinski definition) is 18. The molecular weight excluding hydrogens is 766 g/mol. The van der Waals surface area contributed by atoms with Gasteiger partial charge in [-0.25, -0.2) is 42.7 Å². The van der Waals surface area contributed by atoms with E-state index in [1.54, 1.807) is 41.5 Å². The van der Waals surface area contributed by atoms with Crippen molar-refractivity contribution in [2.45, 2.75) is 52.7 Å². The van der Waals surface area contributed by atoms with Crippen LogP contribution < -0.4 is 0 Å². The zero-order valence-corrected chi connectivity index (χ0v) is 32.4. The van der Waals surface area contributed by atoms with Crippen LogP contribution in [0.15, 0.2) is 48.6 Å². The lowest BCUT2D eigenvalue weighted by Crippen LogP contribution is -2.25. The summed E-state index contributed by atoms with van der Waals surface area (Å²) in [6, 6.07) is -0.232. The molecule has 0 aromatic carbocycles. The number of esters is 6. The molecule has 1 N–H and O–H groups in total. The Morgan fingerprint density at radius 2 is 0.865 bits per heavy atom. The Labute approximate surface area is 310 Å². The summed E-state index contributed by atoms with van der Waals surface area (Å²) in [6.07, 6.45) is 7.06. The molecule has 0 spiro atoms. The quantitative estimate of drug-likeness (QED) is 0.0499. The van der Waals surface area contributed by atoms with Crippen molar-refractivity contribution in [3.8, 4) is 0 Å². The van der Waals surface area contributed by atoms with Crippen LogP contribution in [0.2, 0.25) is 0 Å². The molecule has 0 amide bonds. The van der Waals surface area contributed by atoms with Crippen LogP contribution in [0.1, 0.15) is 41.5 Å². The minimum absolute atomic E-state index is 0.232. The molecule has 52 heavy (non-hydrogen) atoms. The van der Waals surface area contributed by atoms with E-state index in [1.165, 1.54) is 28.4 Å². The predicted molar refractivity (Wildman–Crippen MR) is 181 cm³/mol. The smallest absolute Gasteiger partial charge is 0.478 e. The standard InChI is InChI=1S/C14H25O8P.C6H7ClO4.C5H5ClO3.C5H6O4/c1-13(2,3)21-23(17,22-14(4,5)6)20-10-19-12(16)9-8-11(15)18-7;1-10-5(8)2-3-6(9)11-4-7;2*1-9-5(8)3-2-4(6)7/h8-9H,10H2,1-7H3;2-3H,4H2,1H3;2-3H,1H3;2-3H,1H3,(H,6,7)/b9-8+;3*3-2+. The fourth-order valence-corrected chi connectivity index (χ4v) is 3.70. The summed E-state index contributed by atoms with van der Waals surface area (Å²) in [5, 5.41) is 7.27. The molecular formula is C30H43Cl2O19P. The molecule has 0 fully saturated rings. The van der Waals surface area contributed by atoms with Gasteiger partial charge in [0.05, 0.1) is 39.6 Å². The molecule has 0 radical (unpaired) electrons. The van der Waals surface area contributed by atoms with Gasteiger partial charge in [0.1, 0.15) is 0 Å². The minimum Gasteiger partial charge on any atom is -0.478 e. The Hall–Kier alpha value is -4.39. The average Bonchev–Trinajstić information content (AvgIpc) is 3.02. The molecule has 296 valence electrons. The van der Waals surface area contributed by atoms with Crippen LogP contribution in [-0.4, -0.2) is 105 Å². The van der Waals surface area contributed by atoms with Gasteiger partial charge in [-0.1, -0.05) is 11.6 Å². The zero-order chi connectivity index (χ0) is 41.6. The highest BCUT2D eigenvalue weighted by molar-refractivity contribution is 7.48. The van der Waals surface area contributed by atoms with Gasteiger partial charge in [-0.15, -0.1) is 0 Å². The topological polar surface area (TPSA) is 257 Å². The Morgan fingerprint density at radius 1 is 0.558 bits per heavy atom. The van der Waals surface area contributed by atoms with Crippen molar-refractivity contribution < 1.29 is 90.0 Å². The molecule has 0 atom stereocenters. The van der Waals surface area contributed by atoms with Crippen molar-refractivity contribution in [1.29, 1.82) is 0 Å². The van der Waals surface area contributed by atoms with E-state index in [4.69, 9.17) is 41.9 Å². The van der Waals surface area contributed by atoms with E-state index < -0.39 is 72.8 Å². The fourth-order valence-electron chi connectivity index (χ4n) is 1.86. The maximum Gasteiger partial charge on any atom is 0.478 e. The first-order valence-corrected chi connectivity index (χ1v) is 16.2. The Kier molecular flexibility index (Phi) is 31.6. The lowest BCUT2D eigenvalue weighted by atomic mass is 10.2. The highest BCUT2D eigenvalue weighted by Gasteiger charge is 2.37. The average molecular weight is 810 g/mol. The number of methoxy groups -OCH3 is 4. The normalized spacial score (nSPS) is 11.2. The van der Waals surface area contributed by atoms with Gasteiger partial charge in [-0.2, -0.15) is 0 Å². The van der Waals surface area contributed by atoms with Crippen LogP contribution in [0.25, 0.3) is 0 Å². The lowest BCUT2D eigenvalue weighted by Gasteiger charge is -2.30. The fraction of sp³-hybridized carbons (Fsp3) is 0.467. The van der Waals surface area contributed by atoms with Crippen LogP contribution in [0.4, 0.5) is 0 Å². The van der Waals surface area contributed by atoms with Crippen molar-refractivity contribution in [3.63, 3.8) is 0 Å². The van der Waals surface area contributed by atoms with Gasteiger partial charge in [0, 0.05) is 48.6 Å². The van der Waals surface area contributed by atoms with E-state index in [0.717, 1.165) is 42.5 Å². The molecule has 0 rings (SSSR count). The van der Waals surface area contributed by atoms with Crippen molar-refractivity contribution >= 4 is 78.1 Å². The van der Waals surface area contributed by atoms with Crippen molar-refractivity contribution in [1.82, 2.24) is 0 Å². The molecule has 0 saturated carbocycles. The summed E-state index contributed by atoms with van der Waals surface area (Å²) in [6.45, 7) is 9.43. The number of carboxylic acid groups (broad SMARTS) is 1. The number of phosphoric acid groups is 1. The molecule has 0 aliphatic carbocycles. The molecule has 0 unspecified atom stereocenters. The van der Waals surface area contributed by atoms with Crippen LogP contribution in [0.3, 0.4) is 0 Å². The van der Waals surface area contributed by atoms with Crippen molar-refractivity contribution in [2.24, 2.45) is 0 Å². The number of rotatable bonds is 14. The summed E-state index contributed by atoms with van der Waals surface area (Å²) in [5.41, 5.74) is -1.59. The van der Waals surface area contributed by atoms with Gasteiger partial charge >= 0.3 is 49.6 Å². The molecule has 0 aromatic heterocycles. The molecule has 0 aromatic rings. The second-order valence-electron chi connectivity index (χ2n) is 10.2. The third kappa shape index (κ3) is 43.6. The van der Waals surface area contributed by atoms with Crippen LogP contribution in [-0.2, 0) is 84.9 Å². The van der Waals surface area contributed by atoms with E-state index >= 15 is 0 Å². The summed E-state index contributed by atoms with van der Waals surface area (Å²) in [5.74, 6) is -5.29. The van der Waals surface area contributed by atoms with Gasteiger partial charge < -0.3 is 33.5 Å². The number of alkyl halides is 1. The number of carboxylic acids is 1. The van der Waals surface area contributed by atoms with Gasteiger partial charge in [0.2, 0.25) is 12.0 Å². The van der Waals surface area contributed by atoms with Crippen molar-refractivity contribution in [3.05, 3.63) is 48.6 Å². The van der Waals surface area contributed by atoms with E-state index in [1.807, 2.05) is 0 Å². The number of carbonyl (C=O) groups is 8. The number of phosphoric ester groups is 1. The molecule has 19 nitrogen and oxygen atoms in total. The number of hydrogen-bond donors (Lipinski definition) is 1. The first-order chi connectivity index (χ1) is 23.8. The molecule has 0 bridgehead atoms. The molecule has 0 heterocycles. The largest absolute Gasteiger partial charge is 0.478 e. The van der Waals surface area contributed by atoms with Gasteiger partial charge in [-0.05, 0) is 53.1 Å². The second-order valence-corrected chi connectivity index (χ2v) is 12.3. The van der Waals surface area contributed by atoms with Gasteiger partial charge in [-0.3, -0.25) is 13.8 Å². The SMILES string of the molecule is COC(=O)/C=C/C(=O)Cl.COC(=O)/C=C/C(=O)O.COC(=O)/C=C/C(=O)OCCl.COC(=O)/C=C/C(=O)OCOP(=O)(OC(C)(C)C)OC(C)(C)C. The first kappa shape index (κ1) is 54.4. The van der Waals surface area contributed by atoms with Crippen LogP contribution in [0, 0.1) is 0 Å². The van der Waals surface area contributed by atoms with E-state index in [-0.39, 0.29) is 6.07 Å². The highest BCUT2D eigenvalue weighted by Crippen LogP contribution is 2.55. The highest BCUT2D eigenvalue weighted by atomic mass is 35.5. The number of allylic oxidation sites excluding steroid dienone is 1. The molecule has 0 aliphatic heterocycles. The monoisotopic (exact) mass is 808 g/mol. The Bertz CT molecular complexity index is 1280. The van der Waals surface area contributed by atoms with Crippen LogP contribution in [0.5, 0.6) is 0 Å². The van der Waals surface area contributed by atoms with E-state index in [2.05, 4.69) is 28.4 Å². The van der Waals surface area contributed by atoms with Crippen LogP contribution >= 0.6 is 31.0 Å². The first-order valence-electron chi connectivity index (χ1n) is 13.8. The van der Waals surface area contributed by atoms with Gasteiger partial charge in [0.15, 0.2) is 6.07 Å². The Balaban J connectivity index is -0.000000330. The van der Waals surface area contributed by atoms with Crippen molar-refractivity contribution in [2.75, 3.05) is 41.3 Å². The Morgan fingerprint density at radius 3 is 1.15 bits per heavy atom. The molecule has 0 saturated heterocycles. The third-order valence-corrected chi connectivity index (χ3v) is 5.81. The number of ether oxygens (including phenoxy) is 6. The lowest BCUT2D eigenvalue weighted by molar-refractivity contribution is -0.146. The molecule has 22 heteroatoms. The maximum absolute atomic E-state index is 12.6. The summed E-state index contributed by atoms with van der Waals surface area (Å²) in [4.78, 5) is 83.0. The van der Waals surface area contributed by atoms with E-state index in [0.29, 0.717) is 6.08 Å². The van der Waals surface area contributed by atoms with Gasteiger partial charge in [0.25, 0.3) is 0 Å². The summed E-state index contributed by atoms with van der Waals surface area (Å²) >= 11 is 9.90. The third-order valence-electron chi connectivity index (χ3n) is 3.61. The summed E-state index contributed by atoms with van der Waals surface area (Å²) < 4.78 is 54.0. The number of aliphatic carboxylic acids is 1. The summed E-state index contributed by atoms with van der Waals surface area (Å²) in [7, 11) is 0.813.